The molecule has 1 saturated heterocycles. The second-order valence-corrected chi connectivity index (χ2v) is 9.59. The van der Waals surface area contributed by atoms with E-state index < -0.39 is 9.84 Å². The third-order valence-corrected chi connectivity index (χ3v) is 7.62. The Morgan fingerprint density at radius 2 is 2.05 bits per heavy atom. The van der Waals surface area contributed by atoms with Crippen LogP contribution in [0.2, 0.25) is 0 Å². The molecule has 6 heteroatoms. The predicted molar refractivity (Wildman–Crippen MR) is 92.4 cm³/mol. The maximum Gasteiger partial charge on any atom is 0.216 e. The van der Waals surface area contributed by atoms with Crippen molar-refractivity contribution in [3.63, 3.8) is 0 Å². The molecule has 2 rings (SSSR count). The van der Waals surface area contributed by atoms with Crippen LogP contribution in [-0.2, 0) is 9.84 Å². The fourth-order valence-corrected chi connectivity index (χ4v) is 6.02. The van der Waals surface area contributed by atoms with Gasteiger partial charge in [-0.3, -0.25) is 0 Å². The molecule has 116 valence electrons. The van der Waals surface area contributed by atoms with Crippen molar-refractivity contribution in [1.29, 1.82) is 0 Å². The van der Waals surface area contributed by atoms with E-state index in [0.717, 1.165) is 17.4 Å². The largest absolute Gasteiger partial charge is 0.244 e. The number of sulfone groups is 1. The predicted octanol–water partition coefficient (Wildman–Crippen LogP) is 4.13. The van der Waals surface area contributed by atoms with Crippen LogP contribution in [0.25, 0.3) is 0 Å². The summed E-state index contributed by atoms with van der Waals surface area (Å²) in [6.45, 7) is 0. The summed E-state index contributed by atoms with van der Waals surface area (Å²) in [6, 6.07) is 4.93. The molecule has 0 aromatic carbocycles. The van der Waals surface area contributed by atoms with E-state index in [2.05, 4.69) is 28.5 Å². The first kappa shape index (κ1) is 16.9. The van der Waals surface area contributed by atoms with Crippen LogP contribution in [0.3, 0.4) is 0 Å². The van der Waals surface area contributed by atoms with Crippen LogP contribution in [0.1, 0.15) is 32.1 Å². The molecule has 1 aliphatic rings. The van der Waals surface area contributed by atoms with Gasteiger partial charge in [0.1, 0.15) is 0 Å². The van der Waals surface area contributed by atoms with Crippen LogP contribution in [0.5, 0.6) is 0 Å². The van der Waals surface area contributed by atoms with Crippen molar-refractivity contribution in [2.45, 2.75) is 41.7 Å². The highest BCUT2D eigenvalue weighted by molar-refractivity contribution is 8.17. The normalized spacial score (nSPS) is 17.3. The van der Waals surface area contributed by atoms with E-state index in [1.54, 1.807) is 18.2 Å². The van der Waals surface area contributed by atoms with Crippen molar-refractivity contribution in [1.82, 2.24) is 4.98 Å². The summed E-state index contributed by atoms with van der Waals surface area (Å²) >= 11 is 4.14. The van der Waals surface area contributed by atoms with Gasteiger partial charge in [0.15, 0.2) is 5.03 Å². The van der Waals surface area contributed by atoms with Gasteiger partial charge < -0.3 is 0 Å². The number of aromatic nitrogens is 1. The molecule has 0 unspecified atom stereocenters. The van der Waals surface area contributed by atoms with Gasteiger partial charge in [0.2, 0.25) is 9.84 Å². The van der Waals surface area contributed by atoms with Crippen LogP contribution >= 0.6 is 23.5 Å². The Labute approximate surface area is 135 Å². The number of thioether (sulfide) groups is 2. The number of hydrogen-bond donors (Lipinski definition) is 0. The van der Waals surface area contributed by atoms with Gasteiger partial charge in [-0.15, -0.1) is 23.5 Å². The van der Waals surface area contributed by atoms with E-state index in [4.69, 9.17) is 0 Å². The molecule has 0 saturated carbocycles. The minimum atomic E-state index is -3.37. The van der Waals surface area contributed by atoms with Crippen molar-refractivity contribution >= 4 is 33.4 Å². The molecule has 1 aliphatic heterocycles. The highest BCUT2D eigenvalue weighted by Crippen LogP contribution is 2.33. The lowest BCUT2D eigenvalue weighted by atomic mass is 10.2. The molecule has 1 fully saturated rings. The SMILES string of the molecule is O=S(=O)(/C=C/CCCCC1SCCCS1)c1ccccn1. The Kier molecular flexibility index (Phi) is 7.13. The van der Waals surface area contributed by atoms with Crippen molar-refractivity contribution in [2.24, 2.45) is 0 Å². The van der Waals surface area contributed by atoms with E-state index in [-0.39, 0.29) is 5.03 Å². The number of rotatable bonds is 7. The van der Waals surface area contributed by atoms with Crippen molar-refractivity contribution in [3.8, 4) is 0 Å². The van der Waals surface area contributed by atoms with E-state index >= 15 is 0 Å². The zero-order valence-corrected chi connectivity index (χ0v) is 14.4. The summed E-state index contributed by atoms with van der Waals surface area (Å²) < 4.78 is 24.7. The average molecular weight is 344 g/mol. The van der Waals surface area contributed by atoms with Gasteiger partial charge in [0.05, 0.1) is 4.58 Å². The van der Waals surface area contributed by atoms with Crippen LogP contribution < -0.4 is 0 Å². The number of hydrogen-bond acceptors (Lipinski definition) is 5. The number of allylic oxidation sites excluding steroid dienone is 1. The third kappa shape index (κ3) is 6.04. The fourth-order valence-electron chi connectivity index (χ4n) is 2.06. The highest BCUT2D eigenvalue weighted by Gasteiger charge is 2.13. The Balaban J connectivity index is 1.68. The molecular weight excluding hydrogens is 322 g/mol. The van der Waals surface area contributed by atoms with Gasteiger partial charge >= 0.3 is 0 Å². The summed E-state index contributed by atoms with van der Waals surface area (Å²) in [5, 5.41) is 1.41. The lowest BCUT2D eigenvalue weighted by Gasteiger charge is -2.20. The quantitative estimate of drug-likeness (QED) is 0.697. The van der Waals surface area contributed by atoms with Crippen molar-refractivity contribution < 1.29 is 8.42 Å². The van der Waals surface area contributed by atoms with E-state index in [1.807, 2.05) is 0 Å². The van der Waals surface area contributed by atoms with Crippen LogP contribution in [0.15, 0.2) is 40.9 Å². The van der Waals surface area contributed by atoms with E-state index in [9.17, 15) is 8.42 Å². The van der Waals surface area contributed by atoms with Crippen molar-refractivity contribution in [2.75, 3.05) is 11.5 Å². The summed E-state index contributed by atoms with van der Waals surface area (Å²) in [6.07, 6.45) is 8.85. The highest BCUT2D eigenvalue weighted by atomic mass is 32.2. The molecule has 3 nitrogen and oxygen atoms in total. The first-order valence-corrected chi connectivity index (χ1v) is 10.9. The Bertz CT molecular complexity index is 537. The summed E-state index contributed by atoms with van der Waals surface area (Å²) in [5.41, 5.74) is 0. The maximum atomic E-state index is 12.0. The minimum Gasteiger partial charge on any atom is -0.244 e. The van der Waals surface area contributed by atoms with Gasteiger partial charge in [-0.05, 0) is 49.3 Å². The summed E-state index contributed by atoms with van der Waals surface area (Å²) in [5.74, 6) is 2.58. The third-order valence-electron chi connectivity index (χ3n) is 3.16. The van der Waals surface area contributed by atoms with Gasteiger partial charge in [-0.25, -0.2) is 13.4 Å². The van der Waals surface area contributed by atoms with Gasteiger partial charge in [-0.1, -0.05) is 18.6 Å². The smallest absolute Gasteiger partial charge is 0.216 e. The number of nitrogens with zero attached hydrogens (tertiary/aromatic N) is 1. The first-order valence-electron chi connectivity index (χ1n) is 7.24. The van der Waals surface area contributed by atoms with E-state index in [0.29, 0.717) is 0 Å². The molecule has 0 atom stereocenters. The second-order valence-electron chi connectivity index (χ2n) is 4.89. The fraction of sp³-hybridized carbons (Fsp3) is 0.533. The Hall–Kier alpha value is -0.460. The average Bonchev–Trinajstić information content (AvgIpc) is 2.52. The number of pyridine rings is 1. The minimum absolute atomic E-state index is 0.122. The summed E-state index contributed by atoms with van der Waals surface area (Å²) in [7, 11) is -3.37. The molecule has 0 amide bonds. The second kappa shape index (κ2) is 8.86. The van der Waals surface area contributed by atoms with Crippen molar-refractivity contribution in [3.05, 3.63) is 35.9 Å². The molecular formula is C15H21NO2S3. The zero-order chi connectivity index (χ0) is 15.0. The summed E-state index contributed by atoms with van der Waals surface area (Å²) in [4.78, 5) is 3.88. The maximum absolute atomic E-state index is 12.0. The molecule has 0 aliphatic carbocycles. The molecule has 21 heavy (non-hydrogen) atoms. The van der Waals surface area contributed by atoms with Gasteiger partial charge in [0.25, 0.3) is 0 Å². The molecule has 0 radical (unpaired) electrons. The van der Waals surface area contributed by atoms with E-state index in [1.165, 1.54) is 48.4 Å². The van der Waals surface area contributed by atoms with Gasteiger partial charge in [0, 0.05) is 11.6 Å². The lowest BCUT2D eigenvalue weighted by molar-refractivity contribution is 0.601. The monoisotopic (exact) mass is 343 g/mol. The topological polar surface area (TPSA) is 47.0 Å². The molecule has 0 bridgehead atoms. The van der Waals surface area contributed by atoms with Crippen LogP contribution in [-0.4, -0.2) is 29.5 Å². The molecule has 2 heterocycles. The first-order chi connectivity index (χ1) is 10.2. The molecule has 0 spiro atoms. The van der Waals surface area contributed by atoms with Crippen LogP contribution in [0, 0.1) is 0 Å². The molecule has 1 aromatic heterocycles. The standard InChI is InChI=1S/C15H21NO2S3/c17-21(18,14-8-4-5-10-16-14)13-6-2-1-3-9-15-19-11-7-12-20-15/h4-6,8,10,13,15H,1-3,7,9,11-12H2/b13-6+. The van der Waals surface area contributed by atoms with Crippen LogP contribution in [0.4, 0.5) is 0 Å². The number of unbranched alkanes of at least 4 members (excludes halogenated alkanes) is 2. The Morgan fingerprint density at radius 1 is 1.24 bits per heavy atom. The molecule has 0 N–H and O–H groups in total. The van der Waals surface area contributed by atoms with Gasteiger partial charge in [-0.2, -0.15) is 0 Å². The Morgan fingerprint density at radius 3 is 2.76 bits per heavy atom. The zero-order valence-electron chi connectivity index (χ0n) is 12.0. The molecule has 1 aromatic rings. The lowest BCUT2D eigenvalue weighted by Crippen LogP contribution is -2.06.